The van der Waals surface area contributed by atoms with E-state index in [2.05, 4.69) is 4.98 Å². The van der Waals surface area contributed by atoms with Gasteiger partial charge in [0.15, 0.2) is 0 Å². The third kappa shape index (κ3) is 1.57. The third-order valence-corrected chi connectivity index (χ3v) is 2.19. The Kier molecular flexibility index (Phi) is 2.17. The van der Waals surface area contributed by atoms with Crippen LogP contribution in [-0.2, 0) is 0 Å². The summed E-state index contributed by atoms with van der Waals surface area (Å²) in [4.78, 5) is 13.8. The van der Waals surface area contributed by atoms with Crippen molar-refractivity contribution in [1.82, 2.24) is 4.98 Å². The Morgan fingerprint density at radius 3 is 2.60 bits per heavy atom. The zero-order valence-electron chi connectivity index (χ0n) is 7.90. The van der Waals surface area contributed by atoms with E-state index < -0.39 is 5.91 Å². The fourth-order valence-corrected chi connectivity index (χ4v) is 1.50. The molecule has 76 valence electrons. The van der Waals surface area contributed by atoms with E-state index >= 15 is 0 Å². The zero-order valence-corrected chi connectivity index (χ0v) is 7.90. The number of phenols is 1. The standard InChI is InChI=1S/C11H10N2O2/c12-11(15)10-8(5-6-13-10)7-3-1-2-4-9(7)14/h1-6,13-14H,(H2,12,15). The van der Waals surface area contributed by atoms with Crippen LogP contribution in [0.5, 0.6) is 5.75 Å². The predicted molar refractivity (Wildman–Crippen MR) is 56.4 cm³/mol. The number of primary amides is 1. The van der Waals surface area contributed by atoms with Crippen molar-refractivity contribution in [2.45, 2.75) is 0 Å². The van der Waals surface area contributed by atoms with E-state index in [1.807, 2.05) is 0 Å². The summed E-state index contributed by atoms with van der Waals surface area (Å²) in [6.45, 7) is 0. The first-order valence-corrected chi connectivity index (χ1v) is 4.45. The number of aromatic nitrogens is 1. The number of aromatic amines is 1. The summed E-state index contributed by atoms with van der Waals surface area (Å²) in [6.07, 6.45) is 1.61. The Hall–Kier alpha value is -2.23. The summed E-state index contributed by atoms with van der Waals surface area (Å²) >= 11 is 0. The van der Waals surface area contributed by atoms with Gasteiger partial charge in [-0.3, -0.25) is 4.79 Å². The van der Waals surface area contributed by atoms with Crippen LogP contribution in [0.2, 0.25) is 0 Å². The normalized spacial score (nSPS) is 10.1. The quantitative estimate of drug-likeness (QED) is 0.689. The minimum absolute atomic E-state index is 0.125. The average molecular weight is 202 g/mol. The van der Waals surface area contributed by atoms with Crippen molar-refractivity contribution >= 4 is 5.91 Å². The van der Waals surface area contributed by atoms with Gasteiger partial charge in [0.1, 0.15) is 11.4 Å². The largest absolute Gasteiger partial charge is 0.507 e. The Balaban J connectivity index is 2.59. The lowest BCUT2D eigenvalue weighted by Crippen LogP contribution is -2.12. The summed E-state index contributed by atoms with van der Waals surface area (Å²) in [5, 5.41) is 9.62. The number of para-hydroxylation sites is 1. The molecule has 0 aliphatic carbocycles. The van der Waals surface area contributed by atoms with E-state index in [0.29, 0.717) is 16.8 Å². The van der Waals surface area contributed by atoms with Crippen molar-refractivity contribution < 1.29 is 9.90 Å². The molecule has 0 unspecified atom stereocenters. The van der Waals surface area contributed by atoms with Gasteiger partial charge in [-0.15, -0.1) is 0 Å². The lowest BCUT2D eigenvalue weighted by Gasteiger charge is -2.03. The number of carbonyl (C=O) groups excluding carboxylic acids is 1. The van der Waals surface area contributed by atoms with Crippen LogP contribution in [0.1, 0.15) is 10.5 Å². The molecular weight excluding hydrogens is 192 g/mol. The highest BCUT2D eigenvalue weighted by atomic mass is 16.3. The number of rotatable bonds is 2. The molecule has 1 aromatic heterocycles. The molecule has 1 heterocycles. The van der Waals surface area contributed by atoms with Crippen LogP contribution in [0.25, 0.3) is 11.1 Å². The van der Waals surface area contributed by atoms with Crippen molar-refractivity contribution in [3.8, 4) is 16.9 Å². The number of aromatic hydroxyl groups is 1. The first kappa shape index (κ1) is 9.33. The molecule has 15 heavy (non-hydrogen) atoms. The van der Waals surface area contributed by atoms with Crippen molar-refractivity contribution in [1.29, 1.82) is 0 Å². The molecule has 1 aromatic carbocycles. The van der Waals surface area contributed by atoms with Crippen molar-refractivity contribution in [2.24, 2.45) is 5.73 Å². The topological polar surface area (TPSA) is 79.1 Å². The second-order valence-corrected chi connectivity index (χ2v) is 3.15. The SMILES string of the molecule is NC(=O)c1[nH]ccc1-c1ccccc1O. The van der Waals surface area contributed by atoms with Crippen LogP contribution >= 0.6 is 0 Å². The maximum absolute atomic E-state index is 11.1. The molecule has 0 saturated heterocycles. The molecule has 0 fully saturated rings. The molecule has 2 rings (SSSR count). The highest BCUT2D eigenvalue weighted by Crippen LogP contribution is 2.30. The molecule has 0 bridgehead atoms. The van der Waals surface area contributed by atoms with Gasteiger partial charge in [0, 0.05) is 17.3 Å². The molecule has 0 atom stereocenters. The fraction of sp³-hybridized carbons (Fsp3) is 0. The van der Waals surface area contributed by atoms with E-state index in [1.165, 1.54) is 0 Å². The smallest absolute Gasteiger partial charge is 0.265 e. The molecule has 1 amide bonds. The number of carbonyl (C=O) groups is 1. The van der Waals surface area contributed by atoms with Gasteiger partial charge in [0.25, 0.3) is 5.91 Å². The summed E-state index contributed by atoms with van der Waals surface area (Å²) < 4.78 is 0. The van der Waals surface area contributed by atoms with Crippen LogP contribution in [0.15, 0.2) is 36.5 Å². The summed E-state index contributed by atoms with van der Waals surface area (Å²) in [6, 6.07) is 8.50. The third-order valence-electron chi connectivity index (χ3n) is 2.19. The van der Waals surface area contributed by atoms with Crippen molar-refractivity contribution in [3.05, 3.63) is 42.2 Å². The Labute approximate surface area is 86.4 Å². The van der Waals surface area contributed by atoms with Gasteiger partial charge in [-0.25, -0.2) is 0 Å². The summed E-state index contributed by atoms with van der Waals surface area (Å²) in [7, 11) is 0. The molecule has 4 nitrogen and oxygen atoms in total. The van der Waals surface area contributed by atoms with E-state index in [9.17, 15) is 9.90 Å². The molecule has 0 aliphatic rings. The number of benzene rings is 1. The first-order chi connectivity index (χ1) is 7.20. The van der Waals surface area contributed by atoms with E-state index in [4.69, 9.17) is 5.73 Å². The minimum atomic E-state index is -0.543. The maximum atomic E-state index is 11.1. The zero-order chi connectivity index (χ0) is 10.8. The van der Waals surface area contributed by atoms with Crippen LogP contribution < -0.4 is 5.73 Å². The lowest BCUT2D eigenvalue weighted by molar-refractivity contribution is 0.0997. The van der Waals surface area contributed by atoms with Crippen LogP contribution in [0, 0.1) is 0 Å². The van der Waals surface area contributed by atoms with Crippen LogP contribution in [0.3, 0.4) is 0 Å². The first-order valence-electron chi connectivity index (χ1n) is 4.45. The molecule has 0 radical (unpaired) electrons. The number of nitrogens with one attached hydrogen (secondary N) is 1. The predicted octanol–water partition coefficient (Wildman–Crippen LogP) is 1.49. The van der Waals surface area contributed by atoms with E-state index in [0.717, 1.165) is 0 Å². The Morgan fingerprint density at radius 2 is 1.93 bits per heavy atom. The Bertz CT molecular complexity index is 503. The van der Waals surface area contributed by atoms with Crippen molar-refractivity contribution in [3.63, 3.8) is 0 Å². The summed E-state index contributed by atoms with van der Waals surface area (Å²) in [5.74, 6) is -0.419. The molecule has 0 spiro atoms. The van der Waals surface area contributed by atoms with Gasteiger partial charge >= 0.3 is 0 Å². The number of H-pyrrole nitrogens is 1. The van der Waals surface area contributed by atoms with Gasteiger partial charge < -0.3 is 15.8 Å². The molecule has 4 heteroatoms. The number of phenolic OH excluding ortho intramolecular Hbond substituents is 1. The number of hydrogen-bond donors (Lipinski definition) is 3. The molecular formula is C11H10N2O2. The average Bonchev–Trinajstić information content (AvgIpc) is 2.67. The lowest BCUT2D eigenvalue weighted by atomic mass is 10.0. The Morgan fingerprint density at radius 1 is 1.20 bits per heavy atom. The van der Waals surface area contributed by atoms with Crippen LogP contribution in [0.4, 0.5) is 0 Å². The molecule has 0 saturated carbocycles. The van der Waals surface area contributed by atoms with E-state index in [-0.39, 0.29) is 5.75 Å². The van der Waals surface area contributed by atoms with Crippen molar-refractivity contribution in [2.75, 3.05) is 0 Å². The highest BCUT2D eigenvalue weighted by Gasteiger charge is 2.13. The second kappa shape index (κ2) is 3.49. The maximum Gasteiger partial charge on any atom is 0.265 e. The van der Waals surface area contributed by atoms with Gasteiger partial charge in [-0.2, -0.15) is 0 Å². The highest BCUT2D eigenvalue weighted by molar-refractivity contribution is 5.98. The number of amides is 1. The summed E-state index contributed by atoms with van der Waals surface area (Å²) in [5.41, 5.74) is 6.70. The van der Waals surface area contributed by atoms with Crippen LogP contribution in [-0.4, -0.2) is 16.0 Å². The minimum Gasteiger partial charge on any atom is -0.507 e. The second-order valence-electron chi connectivity index (χ2n) is 3.15. The van der Waals surface area contributed by atoms with Gasteiger partial charge in [0.2, 0.25) is 0 Å². The van der Waals surface area contributed by atoms with Gasteiger partial charge in [0.05, 0.1) is 0 Å². The van der Waals surface area contributed by atoms with Gasteiger partial charge in [-0.1, -0.05) is 18.2 Å². The molecule has 2 aromatic rings. The van der Waals surface area contributed by atoms with Gasteiger partial charge in [-0.05, 0) is 12.1 Å². The fourth-order valence-electron chi connectivity index (χ4n) is 1.50. The monoisotopic (exact) mass is 202 g/mol. The molecule has 4 N–H and O–H groups in total. The van der Waals surface area contributed by atoms with E-state index in [1.54, 1.807) is 36.5 Å². The number of hydrogen-bond acceptors (Lipinski definition) is 2. The number of nitrogens with two attached hydrogens (primary N) is 1. The molecule has 0 aliphatic heterocycles.